The van der Waals surface area contributed by atoms with E-state index in [1.165, 1.54) is 16.9 Å². The number of piperazine rings is 1. The lowest BCUT2D eigenvalue weighted by molar-refractivity contribution is 0.0535. The summed E-state index contributed by atoms with van der Waals surface area (Å²) in [5.41, 5.74) is 2.38. The molecule has 0 aliphatic carbocycles. The molecule has 0 spiro atoms. The van der Waals surface area contributed by atoms with Gasteiger partial charge >= 0.3 is 0 Å². The summed E-state index contributed by atoms with van der Waals surface area (Å²) in [6.45, 7) is 3.69. The minimum Gasteiger partial charge on any atom is -0.335 e. The van der Waals surface area contributed by atoms with E-state index in [-0.39, 0.29) is 17.5 Å². The monoisotopic (exact) mass is 457 g/mol. The largest absolute Gasteiger partial charge is 0.335 e. The van der Waals surface area contributed by atoms with Crippen molar-refractivity contribution in [3.63, 3.8) is 0 Å². The smallest absolute Gasteiger partial charge is 0.259 e. The Hall–Kier alpha value is -4.20. The van der Waals surface area contributed by atoms with Crippen molar-refractivity contribution < 1.29 is 14.0 Å². The molecule has 5 rings (SSSR count). The van der Waals surface area contributed by atoms with Crippen molar-refractivity contribution in [2.24, 2.45) is 0 Å². The Morgan fingerprint density at radius 1 is 0.824 bits per heavy atom. The van der Waals surface area contributed by atoms with Gasteiger partial charge in [0.1, 0.15) is 17.1 Å². The number of amides is 2. The molecule has 0 atom stereocenters. The summed E-state index contributed by atoms with van der Waals surface area (Å²) in [6, 6.07) is 17.5. The molecule has 7 nitrogen and oxygen atoms in total. The quantitative estimate of drug-likeness (QED) is 0.469. The van der Waals surface area contributed by atoms with Crippen molar-refractivity contribution >= 4 is 11.8 Å². The van der Waals surface area contributed by atoms with Crippen LogP contribution in [-0.2, 0) is 0 Å². The minimum atomic E-state index is -0.429. The lowest BCUT2D eigenvalue weighted by Gasteiger charge is -2.34. The summed E-state index contributed by atoms with van der Waals surface area (Å²) in [6.07, 6.45) is 5.07. The summed E-state index contributed by atoms with van der Waals surface area (Å²) >= 11 is 0. The van der Waals surface area contributed by atoms with E-state index in [0.29, 0.717) is 43.1 Å². The van der Waals surface area contributed by atoms with Crippen LogP contribution in [0.15, 0.2) is 79.3 Å². The van der Waals surface area contributed by atoms with Crippen LogP contribution >= 0.6 is 0 Å². The maximum Gasteiger partial charge on any atom is 0.259 e. The van der Waals surface area contributed by atoms with Crippen molar-refractivity contribution in [1.82, 2.24) is 24.1 Å². The third-order valence-corrected chi connectivity index (χ3v) is 6.06. The molecule has 4 aromatic rings. The van der Waals surface area contributed by atoms with E-state index in [4.69, 9.17) is 0 Å². The number of carbonyl (C=O) groups excluding carboxylic acids is 2. The molecule has 0 unspecified atom stereocenters. The topological polar surface area (TPSA) is 63.4 Å². The van der Waals surface area contributed by atoms with Crippen LogP contribution in [0.1, 0.15) is 26.3 Å². The van der Waals surface area contributed by atoms with E-state index in [0.717, 1.165) is 5.56 Å². The molecule has 1 aliphatic rings. The number of aromatic nitrogens is 3. The van der Waals surface area contributed by atoms with Gasteiger partial charge in [-0.15, -0.1) is 0 Å². The van der Waals surface area contributed by atoms with Crippen molar-refractivity contribution in [1.29, 1.82) is 0 Å². The van der Waals surface area contributed by atoms with Crippen LogP contribution in [0.3, 0.4) is 0 Å². The number of benzene rings is 2. The Morgan fingerprint density at radius 3 is 2.09 bits per heavy atom. The van der Waals surface area contributed by atoms with Gasteiger partial charge in [-0.05, 0) is 43.3 Å². The Bertz CT molecular complexity index is 1320. The Balaban J connectivity index is 1.38. The van der Waals surface area contributed by atoms with E-state index in [9.17, 15) is 14.0 Å². The Labute approximate surface area is 196 Å². The molecule has 2 amide bonds. The van der Waals surface area contributed by atoms with Crippen molar-refractivity contribution in [2.75, 3.05) is 26.2 Å². The van der Waals surface area contributed by atoms with Crippen LogP contribution in [0.4, 0.5) is 4.39 Å². The fraction of sp³-hybridized carbons (Fsp3) is 0.192. The van der Waals surface area contributed by atoms with E-state index < -0.39 is 5.82 Å². The van der Waals surface area contributed by atoms with Gasteiger partial charge in [0.25, 0.3) is 11.8 Å². The Kier molecular flexibility index (Phi) is 5.71. The highest BCUT2D eigenvalue weighted by Crippen LogP contribution is 2.23. The second kappa shape index (κ2) is 8.97. The first kappa shape index (κ1) is 21.6. The van der Waals surface area contributed by atoms with Gasteiger partial charge in [0.2, 0.25) is 0 Å². The SMILES string of the molecule is Cc1ccc(C(=O)N2CCN(C(=O)c3cnn(-c4ccccc4F)c3-n3cccc3)CC2)cc1. The zero-order valence-corrected chi connectivity index (χ0v) is 18.8. The van der Waals surface area contributed by atoms with Crippen LogP contribution in [0.2, 0.25) is 0 Å². The second-order valence-corrected chi connectivity index (χ2v) is 8.29. The third-order valence-electron chi connectivity index (χ3n) is 6.06. The molecule has 3 heterocycles. The van der Waals surface area contributed by atoms with Crippen LogP contribution < -0.4 is 0 Å². The van der Waals surface area contributed by atoms with Crippen molar-refractivity contribution in [2.45, 2.75) is 6.92 Å². The normalized spacial score (nSPS) is 13.8. The molecule has 0 radical (unpaired) electrons. The summed E-state index contributed by atoms with van der Waals surface area (Å²) in [5.74, 6) is -0.194. The van der Waals surface area contributed by atoms with Crippen LogP contribution in [-0.4, -0.2) is 62.1 Å². The summed E-state index contributed by atoms with van der Waals surface area (Å²) in [5, 5.41) is 4.35. The van der Waals surface area contributed by atoms with E-state index in [2.05, 4.69) is 5.10 Å². The van der Waals surface area contributed by atoms with E-state index in [1.807, 2.05) is 43.3 Å². The third kappa shape index (κ3) is 3.98. The molecule has 172 valence electrons. The van der Waals surface area contributed by atoms with Gasteiger partial charge < -0.3 is 14.4 Å². The first-order chi connectivity index (χ1) is 16.5. The minimum absolute atomic E-state index is 0.0347. The van der Waals surface area contributed by atoms with Gasteiger partial charge in [0.15, 0.2) is 5.82 Å². The number of hydrogen-bond donors (Lipinski definition) is 0. The van der Waals surface area contributed by atoms with Gasteiger partial charge in [-0.3, -0.25) is 9.59 Å². The molecule has 0 N–H and O–H groups in total. The predicted molar refractivity (Wildman–Crippen MR) is 126 cm³/mol. The molecule has 1 saturated heterocycles. The molecule has 2 aromatic heterocycles. The average Bonchev–Trinajstić information content (AvgIpc) is 3.54. The molecular weight excluding hydrogens is 433 g/mol. The zero-order chi connectivity index (χ0) is 23.7. The summed E-state index contributed by atoms with van der Waals surface area (Å²) in [7, 11) is 0. The van der Waals surface area contributed by atoms with Crippen molar-refractivity contribution in [3.8, 4) is 11.5 Å². The number of hydrogen-bond acceptors (Lipinski definition) is 3. The van der Waals surface area contributed by atoms with Gasteiger partial charge in [0, 0.05) is 44.1 Å². The van der Waals surface area contributed by atoms with E-state index in [1.54, 1.807) is 45.0 Å². The van der Waals surface area contributed by atoms with Gasteiger partial charge in [0.05, 0.1) is 6.20 Å². The molecule has 8 heteroatoms. The van der Waals surface area contributed by atoms with E-state index >= 15 is 0 Å². The maximum absolute atomic E-state index is 14.5. The number of para-hydroxylation sites is 1. The summed E-state index contributed by atoms with van der Waals surface area (Å²) in [4.78, 5) is 29.8. The van der Waals surface area contributed by atoms with Crippen LogP contribution in [0.25, 0.3) is 11.5 Å². The number of nitrogens with zero attached hydrogens (tertiary/aromatic N) is 5. The Morgan fingerprint density at radius 2 is 1.44 bits per heavy atom. The number of carbonyl (C=O) groups is 2. The molecule has 2 aromatic carbocycles. The number of halogens is 1. The highest BCUT2D eigenvalue weighted by atomic mass is 19.1. The fourth-order valence-corrected chi connectivity index (χ4v) is 4.18. The summed E-state index contributed by atoms with van der Waals surface area (Å²) < 4.78 is 17.7. The van der Waals surface area contributed by atoms with Gasteiger partial charge in [-0.1, -0.05) is 29.8 Å². The van der Waals surface area contributed by atoms with Crippen LogP contribution in [0.5, 0.6) is 0 Å². The van der Waals surface area contributed by atoms with Gasteiger partial charge in [-0.2, -0.15) is 5.10 Å². The highest BCUT2D eigenvalue weighted by molar-refractivity contribution is 5.98. The predicted octanol–water partition coefficient (Wildman–Crippen LogP) is 3.71. The first-order valence-electron chi connectivity index (χ1n) is 11.1. The molecular formula is C26H24FN5O2. The molecule has 1 fully saturated rings. The number of rotatable bonds is 4. The molecule has 34 heavy (non-hydrogen) atoms. The zero-order valence-electron chi connectivity index (χ0n) is 18.8. The standard InChI is InChI=1S/C26H24FN5O2/c1-19-8-10-20(11-9-19)25(33)30-14-16-31(17-15-30)26(34)21-18-28-32(23-7-3-2-6-22(23)27)24(21)29-12-4-5-13-29/h2-13,18H,14-17H2,1H3. The first-order valence-corrected chi connectivity index (χ1v) is 11.1. The maximum atomic E-state index is 14.5. The lowest BCUT2D eigenvalue weighted by atomic mass is 10.1. The number of aryl methyl sites for hydroxylation is 1. The van der Waals surface area contributed by atoms with Gasteiger partial charge in [-0.25, -0.2) is 9.07 Å². The fourth-order valence-electron chi connectivity index (χ4n) is 4.18. The van der Waals surface area contributed by atoms with Crippen LogP contribution in [0, 0.1) is 12.7 Å². The van der Waals surface area contributed by atoms with Crippen molar-refractivity contribution in [3.05, 3.63) is 102 Å². The average molecular weight is 458 g/mol. The molecule has 1 aliphatic heterocycles. The lowest BCUT2D eigenvalue weighted by Crippen LogP contribution is -2.50. The highest BCUT2D eigenvalue weighted by Gasteiger charge is 2.29. The molecule has 0 saturated carbocycles. The second-order valence-electron chi connectivity index (χ2n) is 8.29. The molecule has 0 bridgehead atoms.